The van der Waals surface area contributed by atoms with Crippen molar-refractivity contribution in [3.05, 3.63) is 138 Å². The molecule has 104 heavy (non-hydrogen) atoms. The fourth-order valence-electron chi connectivity index (χ4n) is 10.7. The second-order valence-corrected chi connectivity index (χ2v) is 25.3. The molecule has 1 aromatic heterocycles. The number of carbonyl (C=O) groups is 13. The third-order valence-corrected chi connectivity index (χ3v) is 16.8. The van der Waals surface area contributed by atoms with Gasteiger partial charge in [-0.15, -0.1) is 0 Å². The molecule has 13 amide bonds. The fourth-order valence-corrected chi connectivity index (χ4v) is 10.9. The van der Waals surface area contributed by atoms with Gasteiger partial charge in [0.15, 0.2) is 0 Å². The van der Waals surface area contributed by atoms with Crippen LogP contribution < -0.4 is 86.7 Å². The lowest BCUT2D eigenvalue weighted by atomic mass is 10.00. The van der Waals surface area contributed by atoms with Crippen molar-refractivity contribution in [2.75, 3.05) is 38.5 Å². The number of benzene rings is 4. The lowest BCUT2D eigenvalue weighted by Crippen LogP contribution is -2.62. The lowest BCUT2D eigenvalue weighted by Gasteiger charge is -2.29. The maximum Gasteiger partial charge on any atom is 0.245 e. The molecule has 0 spiro atoms. The van der Waals surface area contributed by atoms with E-state index in [1.54, 1.807) is 91.1 Å². The minimum absolute atomic E-state index is 0.0969. The number of amides is 13. The van der Waals surface area contributed by atoms with Crippen LogP contribution in [0.5, 0.6) is 5.75 Å². The predicted molar refractivity (Wildman–Crippen MR) is 386 cm³/mol. The van der Waals surface area contributed by atoms with Gasteiger partial charge in [-0.25, -0.2) is 0 Å². The number of rotatable bonds is 44. The Morgan fingerprint density at radius 3 is 1.31 bits per heavy atom. The Balaban J connectivity index is 1.34. The van der Waals surface area contributed by atoms with Crippen molar-refractivity contribution in [3.8, 4) is 5.75 Å². The summed E-state index contributed by atoms with van der Waals surface area (Å²) in [6.45, 7) is 2.31. The third kappa shape index (κ3) is 28.4. The smallest absolute Gasteiger partial charge is 0.245 e. The number of aromatic hydroxyl groups is 1. The van der Waals surface area contributed by atoms with E-state index in [4.69, 9.17) is 22.9 Å². The summed E-state index contributed by atoms with van der Waals surface area (Å²) >= 11 is 4.15. The van der Waals surface area contributed by atoms with Gasteiger partial charge in [0.05, 0.1) is 37.9 Å². The number of aromatic nitrogens is 1. The number of carbonyl (C=O) groups excluding carboxylic acids is 13. The highest BCUT2D eigenvalue weighted by Crippen LogP contribution is 2.21. The number of thiol groups is 1. The summed E-state index contributed by atoms with van der Waals surface area (Å²) in [6.07, 6.45) is -0.562. The molecular weight excluding hydrogens is 1370 g/mol. The van der Waals surface area contributed by atoms with E-state index >= 15 is 9.59 Å². The van der Waals surface area contributed by atoms with Crippen LogP contribution in [-0.4, -0.2) is 208 Å². The first-order valence-electron chi connectivity index (χ1n) is 34.0. The summed E-state index contributed by atoms with van der Waals surface area (Å²) in [5.41, 5.74) is 25.3. The highest BCUT2D eigenvalue weighted by atomic mass is 32.1. The Hall–Kier alpha value is -10.5. The standard InChI is InChI=1S/C70H97N17O16S/c1-39(73)62(95)80-49(22-12-14-28-71)64(97)85-55(38-104)63(96)78-36-57(92)76-35-56(91)77-37-58(93)79-51(30-42-16-6-4-7-17-42)66(99)82-52(32-44-24-26-46(90)27-25-44)67(100)83-54(33-45-34-75-48-21-11-10-20-47(45)48)68(101)81-50(23-13-15-29-72)65(98)87-60(41(3)89)70(103)84-53(31-43-18-8-5-9-19-43)69(102)86-59(40(2)88)61(74)94/h4-11,16-21,24-27,34,39-41,49-55,59-60,75,88-90,104H,12-15,22-23,28-33,35-38,71-73H2,1-3H3,(H2,74,94)(H,76,92)(H,77,91)(H,78,96)(H,79,93)(H,80,95)(H,81,101)(H,82,99)(H,83,100)(H,84,103)(H,85,97)(H,86,102)(H,87,98)/t39-,40+,41+,49-,50-,51+,52-,53-,54+,55-,59-,60-/m0/s1. The first-order chi connectivity index (χ1) is 49.6. The Morgan fingerprint density at radius 1 is 0.423 bits per heavy atom. The fraction of sp³-hybridized carbons (Fsp3) is 0.443. The number of primary amides is 1. The number of unbranched alkanes of at least 4 members (excludes halogenated alkanes) is 2. The number of hydrogen-bond acceptors (Lipinski definition) is 20. The number of phenolic OH excluding ortho intramolecular Hbond substituents is 1. The number of aliphatic hydroxyl groups excluding tert-OH is 2. The van der Waals surface area contributed by atoms with Gasteiger partial charge >= 0.3 is 0 Å². The molecule has 0 saturated heterocycles. The molecule has 1 heterocycles. The molecule has 5 rings (SSSR count). The molecule has 0 aliphatic carbocycles. The van der Waals surface area contributed by atoms with Crippen LogP contribution >= 0.6 is 12.6 Å². The van der Waals surface area contributed by atoms with Gasteiger partial charge in [0.25, 0.3) is 0 Å². The maximum absolute atomic E-state index is 15.1. The van der Waals surface area contributed by atoms with Gasteiger partial charge in [0.2, 0.25) is 76.8 Å². The van der Waals surface area contributed by atoms with Gasteiger partial charge in [-0.1, -0.05) is 91.0 Å². The lowest BCUT2D eigenvalue weighted by molar-refractivity contribution is -0.137. The van der Waals surface area contributed by atoms with Crippen molar-refractivity contribution in [1.29, 1.82) is 0 Å². The largest absolute Gasteiger partial charge is 0.508 e. The summed E-state index contributed by atoms with van der Waals surface area (Å²) in [7, 11) is 0. The van der Waals surface area contributed by atoms with Crippen molar-refractivity contribution < 1.29 is 77.6 Å². The molecule has 33 nitrogen and oxygen atoms in total. The Kier molecular flexibility index (Phi) is 35.1. The van der Waals surface area contributed by atoms with E-state index in [9.17, 15) is 68.1 Å². The number of hydrogen-bond donors (Lipinski definition) is 21. The SMILES string of the molecule is C[C@H](N)C(=O)N[C@@H](CCCCN)C(=O)N[C@@H](CS)C(=O)NCC(=O)NCC(=O)NCC(=O)N[C@H](Cc1ccccc1)C(=O)N[C@@H](Cc1ccc(O)cc1)C(=O)N[C@H](Cc1c[nH]c2ccccc12)C(=O)N[C@@H](CCCCN)C(=O)N[C@H](C(=O)N[C@@H](Cc1ccccc1)C(=O)N[C@H](C(N)=O)[C@@H](C)O)[C@@H](C)O. The average molecular weight is 1460 g/mol. The first kappa shape index (κ1) is 84.1. The van der Waals surface area contributed by atoms with E-state index in [0.29, 0.717) is 59.0 Å². The minimum atomic E-state index is -1.79. The van der Waals surface area contributed by atoms with E-state index in [-0.39, 0.29) is 63.0 Å². The molecule has 0 saturated carbocycles. The summed E-state index contributed by atoms with van der Waals surface area (Å²) in [6, 6.07) is 15.5. The molecule has 5 aromatic rings. The van der Waals surface area contributed by atoms with Crippen molar-refractivity contribution in [1.82, 2.24) is 68.8 Å². The molecule has 12 atom stereocenters. The number of aliphatic hydroxyl groups is 2. The Bertz CT molecular complexity index is 3700. The summed E-state index contributed by atoms with van der Waals surface area (Å²) in [5, 5.41) is 62.4. The third-order valence-electron chi connectivity index (χ3n) is 16.4. The second kappa shape index (κ2) is 43.4. The van der Waals surface area contributed by atoms with Gasteiger partial charge in [-0.3, -0.25) is 62.3 Å². The normalized spacial score (nSPS) is 14.5. The summed E-state index contributed by atoms with van der Waals surface area (Å²) < 4.78 is 0. The van der Waals surface area contributed by atoms with Crippen molar-refractivity contribution in [2.45, 2.75) is 158 Å². The molecule has 0 aliphatic heterocycles. The maximum atomic E-state index is 15.1. The van der Waals surface area contributed by atoms with Crippen LogP contribution in [0, 0.1) is 0 Å². The number of nitrogens with two attached hydrogens (primary N) is 4. The van der Waals surface area contributed by atoms with Crippen molar-refractivity contribution in [3.63, 3.8) is 0 Å². The molecule has 24 N–H and O–H groups in total. The van der Waals surface area contributed by atoms with Crippen LogP contribution in [0.1, 0.15) is 81.5 Å². The highest BCUT2D eigenvalue weighted by Gasteiger charge is 2.37. The summed E-state index contributed by atoms with van der Waals surface area (Å²) in [5.74, 6) is -11.9. The zero-order chi connectivity index (χ0) is 76.4. The number of phenols is 1. The van der Waals surface area contributed by atoms with Gasteiger partial charge < -0.3 is 107 Å². The average Bonchev–Trinajstić information content (AvgIpc) is 1.94. The molecule has 4 aromatic carbocycles. The Morgan fingerprint density at radius 2 is 0.817 bits per heavy atom. The first-order valence-corrected chi connectivity index (χ1v) is 34.6. The number of aromatic amines is 1. The quantitative estimate of drug-likeness (QED) is 0.0129. The zero-order valence-electron chi connectivity index (χ0n) is 58.1. The number of fused-ring (bicyclic) bond motifs is 1. The number of para-hydroxylation sites is 1. The van der Waals surface area contributed by atoms with Gasteiger partial charge in [0.1, 0.15) is 60.1 Å². The molecule has 0 aliphatic rings. The van der Waals surface area contributed by atoms with E-state index in [1.807, 2.05) is 0 Å². The molecular formula is C70H97N17O16S. The molecule has 0 fully saturated rings. The number of nitrogens with one attached hydrogen (secondary N) is 13. The topological polar surface area (TPSA) is 547 Å². The molecule has 0 unspecified atom stereocenters. The van der Waals surface area contributed by atoms with E-state index in [2.05, 4.69) is 81.4 Å². The van der Waals surface area contributed by atoms with Crippen LogP contribution in [0.15, 0.2) is 115 Å². The molecule has 0 radical (unpaired) electrons. The predicted octanol–water partition coefficient (Wildman–Crippen LogP) is -4.36. The van der Waals surface area contributed by atoms with Crippen LogP contribution in [0.4, 0.5) is 0 Å². The van der Waals surface area contributed by atoms with E-state index < -0.39 is 169 Å². The summed E-state index contributed by atoms with van der Waals surface area (Å²) in [4.78, 5) is 181. The van der Waals surface area contributed by atoms with Crippen molar-refractivity contribution >= 4 is 100 Å². The van der Waals surface area contributed by atoms with Crippen molar-refractivity contribution in [2.24, 2.45) is 22.9 Å². The van der Waals surface area contributed by atoms with E-state index in [0.717, 1.165) is 0 Å². The van der Waals surface area contributed by atoms with Gasteiger partial charge in [-0.05, 0) is 113 Å². The highest BCUT2D eigenvalue weighted by molar-refractivity contribution is 7.80. The van der Waals surface area contributed by atoms with Gasteiger partial charge in [-0.2, -0.15) is 12.6 Å². The molecule has 34 heteroatoms. The van der Waals surface area contributed by atoms with Crippen LogP contribution in [0.2, 0.25) is 0 Å². The Labute approximate surface area is 606 Å². The second-order valence-electron chi connectivity index (χ2n) is 25.0. The van der Waals surface area contributed by atoms with Crippen LogP contribution in [-0.2, 0) is 88.0 Å². The molecule has 564 valence electrons. The molecule has 0 bridgehead atoms. The van der Waals surface area contributed by atoms with Gasteiger partial charge in [0, 0.05) is 48.5 Å². The minimum Gasteiger partial charge on any atom is -0.508 e. The van der Waals surface area contributed by atoms with Crippen LogP contribution in [0.3, 0.4) is 0 Å². The number of H-pyrrole nitrogens is 1. The van der Waals surface area contributed by atoms with Crippen LogP contribution in [0.25, 0.3) is 10.9 Å². The van der Waals surface area contributed by atoms with E-state index in [1.165, 1.54) is 45.0 Å². The zero-order valence-corrected chi connectivity index (χ0v) is 59.0. The monoisotopic (exact) mass is 1460 g/mol.